The maximum atomic E-state index is 10.7. The van der Waals surface area contributed by atoms with E-state index in [1.165, 1.54) is 0 Å². The lowest BCUT2D eigenvalue weighted by Gasteiger charge is -2.01. The van der Waals surface area contributed by atoms with Crippen molar-refractivity contribution in [3.63, 3.8) is 0 Å². The van der Waals surface area contributed by atoms with Crippen molar-refractivity contribution in [3.05, 3.63) is 40.4 Å². The first-order chi connectivity index (χ1) is 6.02. The van der Waals surface area contributed by atoms with Crippen LogP contribution in [0.4, 0.5) is 0 Å². The zero-order valence-electron chi connectivity index (χ0n) is 6.48. The molecule has 1 rings (SSSR count). The predicted octanol–water partition coefficient (Wildman–Crippen LogP) is 3.77. The Balaban J connectivity index is 3.11. The van der Waals surface area contributed by atoms with Gasteiger partial charge in [-0.05, 0) is 29.3 Å². The van der Waals surface area contributed by atoms with E-state index < -0.39 is 5.24 Å². The van der Waals surface area contributed by atoms with Crippen LogP contribution in [-0.4, -0.2) is 5.24 Å². The molecule has 68 valence electrons. The number of hydrogen-bond donors (Lipinski definition) is 0. The molecule has 13 heavy (non-hydrogen) atoms. The molecule has 1 aromatic carbocycles. The van der Waals surface area contributed by atoms with E-state index in [0.717, 1.165) is 0 Å². The van der Waals surface area contributed by atoms with Crippen LogP contribution >= 0.6 is 34.8 Å². The lowest BCUT2D eigenvalue weighted by atomic mass is 10.1. The Hall–Kier alpha value is -0.500. The number of benzene rings is 1. The Kier molecular flexibility index (Phi) is 3.37. The van der Waals surface area contributed by atoms with Gasteiger partial charge in [0.2, 0.25) is 0 Å². The SMILES string of the molecule is C=C(C(=O)Cl)c1ccc(Cl)c(Cl)c1. The van der Waals surface area contributed by atoms with Crippen molar-refractivity contribution in [1.29, 1.82) is 0 Å². The fourth-order valence-corrected chi connectivity index (χ4v) is 1.20. The first-order valence-electron chi connectivity index (χ1n) is 3.36. The number of rotatable bonds is 2. The molecule has 0 saturated heterocycles. The van der Waals surface area contributed by atoms with Crippen LogP contribution in [0.15, 0.2) is 24.8 Å². The molecule has 0 amide bonds. The summed E-state index contributed by atoms with van der Waals surface area (Å²) in [6.45, 7) is 3.51. The summed E-state index contributed by atoms with van der Waals surface area (Å²) in [6, 6.07) is 4.77. The van der Waals surface area contributed by atoms with Crippen LogP contribution < -0.4 is 0 Å². The van der Waals surface area contributed by atoms with Gasteiger partial charge in [0.1, 0.15) is 0 Å². The van der Waals surface area contributed by atoms with E-state index in [9.17, 15) is 4.79 Å². The van der Waals surface area contributed by atoms with Gasteiger partial charge in [0.05, 0.1) is 10.0 Å². The normalized spacial score (nSPS) is 9.77. The zero-order valence-corrected chi connectivity index (χ0v) is 8.75. The van der Waals surface area contributed by atoms with Crippen LogP contribution in [0.1, 0.15) is 5.56 Å². The molecule has 0 unspecified atom stereocenters. The number of hydrogen-bond acceptors (Lipinski definition) is 1. The van der Waals surface area contributed by atoms with Crippen LogP contribution in [0.3, 0.4) is 0 Å². The maximum Gasteiger partial charge on any atom is 0.252 e. The highest BCUT2D eigenvalue weighted by Gasteiger charge is 2.07. The topological polar surface area (TPSA) is 17.1 Å². The van der Waals surface area contributed by atoms with E-state index in [0.29, 0.717) is 15.6 Å². The minimum absolute atomic E-state index is 0.209. The van der Waals surface area contributed by atoms with Gasteiger partial charge < -0.3 is 0 Å². The number of allylic oxidation sites excluding steroid dienone is 1. The van der Waals surface area contributed by atoms with Gasteiger partial charge >= 0.3 is 0 Å². The molecular formula is C9H5Cl3O. The third-order valence-electron chi connectivity index (χ3n) is 1.51. The Labute approximate surface area is 90.9 Å². The Morgan fingerprint density at radius 2 is 1.85 bits per heavy atom. The van der Waals surface area contributed by atoms with Crippen molar-refractivity contribution in [2.24, 2.45) is 0 Å². The molecule has 0 saturated carbocycles. The fraction of sp³-hybridized carbons (Fsp3) is 0. The van der Waals surface area contributed by atoms with E-state index in [-0.39, 0.29) is 5.57 Å². The van der Waals surface area contributed by atoms with Gasteiger partial charge in [-0.2, -0.15) is 0 Å². The van der Waals surface area contributed by atoms with Crippen molar-refractivity contribution < 1.29 is 4.79 Å². The molecule has 0 heterocycles. The van der Waals surface area contributed by atoms with E-state index in [1.54, 1.807) is 18.2 Å². The van der Waals surface area contributed by atoms with Gasteiger partial charge in [0.15, 0.2) is 0 Å². The summed E-state index contributed by atoms with van der Waals surface area (Å²) in [5.41, 5.74) is 0.787. The average molecular weight is 235 g/mol. The van der Waals surface area contributed by atoms with Crippen molar-refractivity contribution in [3.8, 4) is 0 Å². The summed E-state index contributed by atoms with van der Waals surface area (Å²) >= 11 is 16.7. The van der Waals surface area contributed by atoms with E-state index in [2.05, 4.69) is 6.58 Å². The number of carbonyl (C=O) groups excluding carboxylic acids is 1. The molecule has 0 aliphatic heterocycles. The Morgan fingerprint density at radius 3 is 2.31 bits per heavy atom. The van der Waals surface area contributed by atoms with Gasteiger partial charge in [0.25, 0.3) is 5.24 Å². The third kappa shape index (κ3) is 2.47. The summed E-state index contributed by atoms with van der Waals surface area (Å²) < 4.78 is 0. The average Bonchev–Trinajstić information content (AvgIpc) is 2.08. The monoisotopic (exact) mass is 234 g/mol. The highest BCUT2D eigenvalue weighted by atomic mass is 35.5. The van der Waals surface area contributed by atoms with Gasteiger partial charge in [0, 0.05) is 5.57 Å². The Morgan fingerprint density at radius 1 is 1.23 bits per heavy atom. The summed E-state index contributed by atoms with van der Waals surface area (Å²) in [5.74, 6) is 0. The minimum Gasteiger partial charge on any atom is -0.276 e. The lowest BCUT2D eigenvalue weighted by Crippen LogP contribution is -1.90. The van der Waals surface area contributed by atoms with Crippen molar-refractivity contribution in [2.45, 2.75) is 0 Å². The van der Waals surface area contributed by atoms with Crippen molar-refractivity contribution in [1.82, 2.24) is 0 Å². The molecule has 0 atom stereocenters. The van der Waals surface area contributed by atoms with E-state index in [1.807, 2.05) is 0 Å². The van der Waals surface area contributed by atoms with Crippen LogP contribution in [0, 0.1) is 0 Å². The lowest BCUT2D eigenvalue weighted by molar-refractivity contribution is -0.106. The van der Waals surface area contributed by atoms with Crippen LogP contribution in [-0.2, 0) is 4.79 Å². The first-order valence-corrected chi connectivity index (χ1v) is 4.50. The molecule has 0 aliphatic carbocycles. The van der Waals surface area contributed by atoms with E-state index >= 15 is 0 Å². The molecule has 0 aliphatic rings. The molecule has 0 N–H and O–H groups in total. The fourth-order valence-electron chi connectivity index (χ4n) is 0.797. The second-order valence-corrected chi connectivity index (χ2v) is 3.54. The molecule has 0 radical (unpaired) electrons. The third-order valence-corrected chi connectivity index (χ3v) is 2.47. The predicted molar refractivity (Wildman–Crippen MR) is 56.4 cm³/mol. The largest absolute Gasteiger partial charge is 0.276 e. The quantitative estimate of drug-likeness (QED) is 0.563. The molecule has 4 heteroatoms. The summed E-state index contributed by atoms with van der Waals surface area (Å²) in [5, 5.41) is 0.205. The molecular weight excluding hydrogens is 230 g/mol. The summed E-state index contributed by atoms with van der Waals surface area (Å²) in [7, 11) is 0. The molecule has 0 aromatic heterocycles. The van der Waals surface area contributed by atoms with Crippen LogP contribution in [0.5, 0.6) is 0 Å². The molecule has 1 aromatic rings. The van der Waals surface area contributed by atoms with Gasteiger partial charge in [-0.3, -0.25) is 4.79 Å². The molecule has 0 spiro atoms. The smallest absolute Gasteiger partial charge is 0.252 e. The number of halogens is 3. The summed E-state index contributed by atoms with van der Waals surface area (Å²) in [4.78, 5) is 10.7. The Bertz CT molecular complexity index is 371. The summed E-state index contributed by atoms with van der Waals surface area (Å²) in [6.07, 6.45) is 0. The second kappa shape index (κ2) is 4.14. The maximum absolute atomic E-state index is 10.7. The zero-order chi connectivity index (χ0) is 10.0. The second-order valence-electron chi connectivity index (χ2n) is 2.38. The van der Waals surface area contributed by atoms with Gasteiger partial charge in [-0.15, -0.1) is 0 Å². The van der Waals surface area contributed by atoms with E-state index in [4.69, 9.17) is 34.8 Å². The van der Waals surface area contributed by atoms with Gasteiger partial charge in [-0.1, -0.05) is 35.8 Å². The number of carbonyl (C=O) groups is 1. The highest BCUT2D eigenvalue weighted by Crippen LogP contribution is 2.26. The van der Waals surface area contributed by atoms with Crippen LogP contribution in [0.25, 0.3) is 5.57 Å². The molecule has 0 bridgehead atoms. The van der Waals surface area contributed by atoms with Crippen LogP contribution in [0.2, 0.25) is 10.0 Å². The standard InChI is InChI=1S/C9H5Cl3O/c1-5(9(12)13)6-2-3-7(10)8(11)4-6/h2-4H,1H2. The van der Waals surface area contributed by atoms with Crippen molar-refractivity contribution >= 4 is 45.6 Å². The van der Waals surface area contributed by atoms with Gasteiger partial charge in [-0.25, -0.2) is 0 Å². The highest BCUT2D eigenvalue weighted by molar-refractivity contribution is 6.74. The minimum atomic E-state index is -0.599. The first kappa shape index (κ1) is 10.6. The molecule has 0 fully saturated rings. The van der Waals surface area contributed by atoms with Crippen molar-refractivity contribution in [2.75, 3.05) is 0 Å². The molecule has 1 nitrogen and oxygen atoms in total.